The van der Waals surface area contributed by atoms with Crippen molar-refractivity contribution in [2.45, 2.75) is 51.1 Å². The number of carbonyl (C=O) groups is 1. The maximum Gasteiger partial charge on any atom is 0.237 e. The predicted molar refractivity (Wildman–Crippen MR) is 62.0 cm³/mol. The van der Waals surface area contributed by atoms with Crippen LogP contribution in [0.1, 0.15) is 39.0 Å². The first-order chi connectivity index (χ1) is 7.65. The number of aliphatic hydroxyl groups excluding tert-OH is 1. The molecule has 0 radical (unpaired) electrons. The SMILES string of the molecule is CC(NCC1(CCO)CC1)C(=O)NC1CC1. The second-order valence-corrected chi connectivity index (χ2v) is 5.36. The summed E-state index contributed by atoms with van der Waals surface area (Å²) in [5, 5.41) is 15.2. The Kier molecular flexibility index (Phi) is 3.50. The minimum absolute atomic E-state index is 0.113. The van der Waals surface area contributed by atoms with Crippen LogP contribution in [-0.2, 0) is 4.79 Å². The predicted octanol–water partition coefficient (Wildman–Crippen LogP) is 0.406. The van der Waals surface area contributed by atoms with E-state index >= 15 is 0 Å². The summed E-state index contributed by atoms with van der Waals surface area (Å²) in [7, 11) is 0. The van der Waals surface area contributed by atoms with Gasteiger partial charge in [-0.25, -0.2) is 0 Å². The number of hydrogen-bond donors (Lipinski definition) is 3. The highest BCUT2D eigenvalue weighted by Crippen LogP contribution is 2.47. The van der Waals surface area contributed by atoms with Gasteiger partial charge in [-0.05, 0) is 44.4 Å². The molecule has 1 amide bonds. The van der Waals surface area contributed by atoms with Gasteiger partial charge in [-0.1, -0.05) is 0 Å². The molecule has 16 heavy (non-hydrogen) atoms. The zero-order valence-electron chi connectivity index (χ0n) is 9.96. The van der Waals surface area contributed by atoms with Gasteiger partial charge in [0.1, 0.15) is 0 Å². The van der Waals surface area contributed by atoms with Gasteiger partial charge in [-0.2, -0.15) is 0 Å². The summed E-state index contributed by atoms with van der Waals surface area (Å²) in [4.78, 5) is 11.7. The minimum atomic E-state index is -0.114. The molecule has 2 aliphatic rings. The lowest BCUT2D eigenvalue weighted by Gasteiger charge is -2.19. The van der Waals surface area contributed by atoms with Gasteiger partial charge in [0.15, 0.2) is 0 Å². The number of nitrogens with one attached hydrogen (secondary N) is 2. The monoisotopic (exact) mass is 226 g/mol. The van der Waals surface area contributed by atoms with E-state index in [1.54, 1.807) is 0 Å². The van der Waals surface area contributed by atoms with Crippen LogP contribution in [0.25, 0.3) is 0 Å². The standard InChI is InChI=1S/C12H22N2O2/c1-9(11(16)14-10-2-3-10)13-8-12(4-5-12)6-7-15/h9-10,13,15H,2-8H2,1H3,(H,14,16). The molecular formula is C12H22N2O2. The van der Waals surface area contributed by atoms with Gasteiger partial charge in [-0.15, -0.1) is 0 Å². The molecular weight excluding hydrogens is 204 g/mol. The second-order valence-electron chi connectivity index (χ2n) is 5.36. The Bertz CT molecular complexity index is 260. The lowest BCUT2D eigenvalue weighted by molar-refractivity contribution is -0.122. The van der Waals surface area contributed by atoms with Gasteiger partial charge < -0.3 is 15.7 Å². The smallest absolute Gasteiger partial charge is 0.237 e. The first kappa shape index (κ1) is 11.9. The second kappa shape index (κ2) is 4.72. The molecule has 2 saturated carbocycles. The van der Waals surface area contributed by atoms with Crippen LogP contribution in [0.15, 0.2) is 0 Å². The van der Waals surface area contributed by atoms with Crippen molar-refractivity contribution < 1.29 is 9.90 Å². The van der Waals surface area contributed by atoms with E-state index in [2.05, 4.69) is 10.6 Å². The van der Waals surface area contributed by atoms with E-state index in [4.69, 9.17) is 5.11 Å². The molecule has 0 bridgehead atoms. The summed E-state index contributed by atoms with van der Waals surface area (Å²) in [6.07, 6.45) is 5.48. The Balaban J connectivity index is 1.66. The minimum Gasteiger partial charge on any atom is -0.396 e. The maximum atomic E-state index is 11.7. The van der Waals surface area contributed by atoms with Crippen LogP contribution in [-0.4, -0.2) is 36.2 Å². The Morgan fingerprint density at radius 2 is 2.19 bits per heavy atom. The molecule has 2 rings (SSSR count). The van der Waals surface area contributed by atoms with Crippen LogP contribution in [0.2, 0.25) is 0 Å². The van der Waals surface area contributed by atoms with Crippen molar-refractivity contribution in [3.8, 4) is 0 Å². The van der Waals surface area contributed by atoms with Gasteiger partial charge in [-0.3, -0.25) is 4.79 Å². The molecule has 0 aromatic heterocycles. The topological polar surface area (TPSA) is 61.4 Å². The molecule has 92 valence electrons. The van der Waals surface area contributed by atoms with Gasteiger partial charge >= 0.3 is 0 Å². The first-order valence-electron chi connectivity index (χ1n) is 6.30. The highest BCUT2D eigenvalue weighted by molar-refractivity contribution is 5.81. The van der Waals surface area contributed by atoms with E-state index in [0.717, 1.165) is 25.8 Å². The molecule has 0 aromatic carbocycles. The molecule has 1 atom stereocenters. The quantitative estimate of drug-likeness (QED) is 0.589. The van der Waals surface area contributed by atoms with Crippen molar-refractivity contribution >= 4 is 5.91 Å². The van der Waals surface area contributed by atoms with Crippen LogP contribution in [0.5, 0.6) is 0 Å². The van der Waals surface area contributed by atoms with E-state index in [1.165, 1.54) is 12.8 Å². The van der Waals surface area contributed by atoms with Crippen molar-refractivity contribution in [3.05, 3.63) is 0 Å². The van der Waals surface area contributed by atoms with Gasteiger partial charge in [0.25, 0.3) is 0 Å². The highest BCUT2D eigenvalue weighted by atomic mass is 16.3. The lowest BCUT2D eigenvalue weighted by Crippen LogP contribution is -2.45. The summed E-state index contributed by atoms with van der Waals surface area (Å²) >= 11 is 0. The van der Waals surface area contributed by atoms with Crippen molar-refractivity contribution in [2.24, 2.45) is 5.41 Å². The van der Waals surface area contributed by atoms with Gasteiger partial charge in [0, 0.05) is 19.2 Å². The van der Waals surface area contributed by atoms with E-state index in [0.29, 0.717) is 6.04 Å². The molecule has 4 nitrogen and oxygen atoms in total. The number of carbonyl (C=O) groups excluding carboxylic acids is 1. The van der Waals surface area contributed by atoms with Crippen molar-refractivity contribution in [1.29, 1.82) is 0 Å². The van der Waals surface area contributed by atoms with Gasteiger partial charge in [0.2, 0.25) is 5.91 Å². The fraction of sp³-hybridized carbons (Fsp3) is 0.917. The fourth-order valence-electron chi connectivity index (χ4n) is 1.95. The Hall–Kier alpha value is -0.610. The normalized spacial score (nSPS) is 23.9. The largest absolute Gasteiger partial charge is 0.396 e. The molecule has 3 N–H and O–H groups in total. The van der Waals surface area contributed by atoms with E-state index < -0.39 is 0 Å². The van der Waals surface area contributed by atoms with Crippen molar-refractivity contribution in [3.63, 3.8) is 0 Å². The molecule has 0 aromatic rings. The summed E-state index contributed by atoms with van der Waals surface area (Å²) in [5.41, 5.74) is 0.281. The molecule has 2 aliphatic carbocycles. The zero-order chi connectivity index (χ0) is 11.6. The summed E-state index contributed by atoms with van der Waals surface area (Å²) < 4.78 is 0. The Morgan fingerprint density at radius 1 is 1.50 bits per heavy atom. The molecule has 4 heteroatoms. The van der Waals surface area contributed by atoms with Crippen LogP contribution in [0.4, 0.5) is 0 Å². The third kappa shape index (κ3) is 3.19. The Labute approximate surface area is 96.8 Å². The molecule has 0 heterocycles. The lowest BCUT2D eigenvalue weighted by atomic mass is 10.0. The number of rotatable bonds is 7. The van der Waals surface area contributed by atoms with E-state index in [9.17, 15) is 4.79 Å². The third-order valence-electron chi connectivity index (χ3n) is 3.70. The number of hydrogen-bond acceptors (Lipinski definition) is 3. The van der Waals surface area contributed by atoms with Crippen LogP contribution in [0, 0.1) is 5.41 Å². The van der Waals surface area contributed by atoms with Gasteiger partial charge in [0.05, 0.1) is 6.04 Å². The van der Waals surface area contributed by atoms with Crippen molar-refractivity contribution in [1.82, 2.24) is 10.6 Å². The zero-order valence-corrected chi connectivity index (χ0v) is 9.96. The third-order valence-corrected chi connectivity index (χ3v) is 3.70. The summed E-state index contributed by atoms with van der Waals surface area (Å²) in [6, 6.07) is 0.320. The summed E-state index contributed by atoms with van der Waals surface area (Å²) in [6.45, 7) is 3.02. The van der Waals surface area contributed by atoms with Crippen LogP contribution >= 0.6 is 0 Å². The summed E-state index contributed by atoms with van der Waals surface area (Å²) in [5.74, 6) is 0.113. The van der Waals surface area contributed by atoms with Crippen LogP contribution < -0.4 is 10.6 Å². The maximum absolute atomic E-state index is 11.7. The first-order valence-corrected chi connectivity index (χ1v) is 6.30. The van der Waals surface area contributed by atoms with E-state index in [-0.39, 0.29) is 24.0 Å². The average molecular weight is 226 g/mol. The number of amides is 1. The molecule has 1 unspecified atom stereocenters. The molecule has 2 fully saturated rings. The molecule has 0 aliphatic heterocycles. The number of aliphatic hydroxyl groups is 1. The van der Waals surface area contributed by atoms with Crippen LogP contribution in [0.3, 0.4) is 0 Å². The Morgan fingerprint density at radius 3 is 2.69 bits per heavy atom. The fourth-order valence-corrected chi connectivity index (χ4v) is 1.95. The van der Waals surface area contributed by atoms with E-state index in [1.807, 2.05) is 6.92 Å². The average Bonchev–Trinajstić information content (AvgIpc) is 3.12. The highest BCUT2D eigenvalue weighted by Gasteiger charge is 2.41. The molecule has 0 saturated heterocycles. The molecule has 0 spiro atoms. The van der Waals surface area contributed by atoms with Crippen molar-refractivity contribution in [2.75, 3.05) is 13.2 Å².